The minimum absolute atomic E-state index is 0.120. The van der Waals surface area contributed by atoms with Crippen LogP contribution in [0.3, 0.4) is 0 Å². The van der Waals surface area contributed by atoms with Gasteiger partial charge in [-0.2, -0.15) is 0 Å². The van der Waals surface area contributed by atoms with Crippen LogP contribution in [0.15, 0.2) is 0 Å². The largest absolute Gasteiger partial charge is 0.468 e. The Morgan fingerprint density at radius 2 is 2.10 bits per heavy atom. The second kappa shape index (κ2) is 6.41. The summed E-state index contributed by atoms with van der Waals surface area (Å²) in [5.74, 6) is -0.120. The summed E-state index contributed by atoms with van der Waals surface area (Å²) in [5.41, 5.74) is 0.211. The Hall–Kier alpha value is -0.650. The number of carbonyl (C=O) groups is 1. The molecule has 0 aromatic heterocycles. The van der Waals surface area contributed by atoms with Gasteiger partial charge in [0.25, 0.3) is 0 Å². The lowest BCUT2D eigenvalue weighted by atomic mass is 9.99. The molecule has 1 saturated carbocycles. The van der Waals surface area contributed by atoms with Crippen LogP contribution in [-0.4, -0.2) is 73.7 Å². The van der Waals surface area contributed by atoms with Crippen molar-refractivity contribution in [3.8, 4) is 0 Å². The van der Waals surface area contributed by atoms with Crippen LogP contribution in [0.25, 0.3) is 0 Å². The van der Waals surface area contributed by atoms with E-state index in [0.29, 0.717) is 6.04 Å². The first kappa shape index (κ1) is 15.7. The molecule has 116 valence electrons. The van der Waals surface area contributed by atoms with Crippen molar-refractivity contribution in [2.24, 2.45) is 0 Å². The van der Waals surface area contributed by atoms with Crippen LogP contribution in [0.2, 0.25) is 0 Å². The second-order valence-corrected chi connectivity index (χ2v) is 6.82. The molecule has 0 bridgehead atoms. The van der Waals surface area contributed by atoms with E-state index in [9.17, 15) is 4.79 Å². The van der Waals surface area contributed by atoms with Crippen LogP contribution < -0.4 is 5.32 Å². The number of methoxy groups -OCH3 is 1. The maximum absolute atomic E-state index is 11.8. The van der Waals surface area contributed by atoms with Gasteiger partial charge < -0.3 is 15.0 Å². The average Bonchev–Trinajstić information content (AvgIpc) is 3.21. The molecular weight excluding hydrogens is 254 g/mol. The summed E-state index contributed by atoms with van der Waals surface area (Å²) in [5, 5.41) is 3.40. The molecular formula is C15H29N3O2. The van der Waals surface area contributed by atoms with Gasteiger partial charge in [0.15, 0.2) is 0 Å². The minimum atomic E-state index is -0.143. The van der Waals surface area contributed by atoms with Gasteiger partial charge in [-0.15, -0.1) is 0 Å². The first-order valence-corrected chi connectivity index (χ1v) is 7.70. The lowest BCUT2D eigenvalue weighted by molar-refractivity contribution is -0.143. The molecule has 2 aliphatic rings. The number of esters is 1. The fraction of sp³-hybridized carbons (Fsp3) is 0.933. The Kier molecular flexibility index (Phi) is 5.04. The highest BCUT2D eigenvalue weighted by atomic mass is 16.5. The zero-order chi connectivity index (χ0) is 14.8. The summed E-state index contributed by atoms with van der Waals surface area (Å²) in [7, 11) is 3.66. The zero-order valence-electron chi connectivity index (χ0n) is 13.3. The normalized spacial score (nSPS) is 25.4. The van der Waals surface area contributed by atoms with Crippen LogP contribution in [0, 0.1) is 0 Å². The Balaban J connectivity index is 1.81. The van der Waals surface area contributed by atoms with E-state index in [0.717, 1.165) is 32.6 Å². The van der Waals surface area contributed by atoms with E-state index in [4.69, 9.17) is 4.74 Å². The number of carbonyl (C=O) groups excluding carboxylic acids is 1. The van der Waals surface area contributed by atoms with Crippen LogP contribution in [0.1, 0.15) is 33.1 Å². The number of ether oxygens (including phenoxy) is 1. The maximum atomic E-state index is 11.8. The van der Waals surface area contributed by atoms with E-state index in [2.05, 4.69) is 36.0 Å². The minimum Gasteiger partial charge on any atom is -0.468 e. The summed E-state index contributed by atoms with van der Waals surface area (Å²) < 4.78 is 4.91. The van der Waals surface area contributed by atoms with Crippen molar-refractivity contribution in [1.29, 1.82) is 0 Å². The zero-order valence-corrected chi connectivity index (χ0v) is 13.3. The van der Waals surface area contributed by atoms with E-state index < -0.39 is 0 Å². The standard InChI is InChI=1S/C15H29N3O2/c1-15(2)11-18(10-9-17(15)3)8-7-13(14(19)20-4)16-12-5-6-12/h12-13,16H,5-11H2,1-4H3. The van der Waals surface area contributed by atoms with Crippen molar-refractivity contribution < 1.29 is 9.53 Å². The molecule has 5 nitrogen and oxygen atoms in total. The third-order valence-corrected chi connectivity index (χ3v) is 4.63. The number of hydrogen-bond donors (Lipinski definition) is 1. The van der Waals surface area contributed by atoms with Gasteiger partial charge in [-0.1, -0.05) is 0 Å². The van der Waals surface area contributed by atoms with Gasteiger partial charge in [-0.25, -0.2) is 0 Å². The highest BCUT2D eigenvalue weighted by molar-refractivity contribution is 5.75. The van der Waals surface area contributed by atoms with E-state index in [1.54, 1.807) is 0 Å². The number of rotatable bonds is 6. The molecule has 20 heavy (non-hydrogen) atoms. The van der Waals surface area contributed by atoms with Crippen LogP contribution in [0.4, 0.5) is 0 Å². The van der Waals surface area contributed by atoms with Gasteiger partial charge in [0.2, 0.25) is 0 Å². The molecule has 1 aliphatic heterocycles. The predicted octanol–water partition coefficient (Wildman–Crippen LogP) is 0.696. The van der Waals surface area contributed by atoms with Gasteiger partial charge in [0.05, 0.1) is 7.11 Å². The van der Waals surface area contributed by atoms with E-state index in [1.807, 2.05) is 0 Å². The van der Waals surface area contributed by atoms with Gasteiger partial charge >= 0.3 is 5.97 Å². The first-order chi connectivity index (χ1) is 9.42. The number of nitrogens with zero attached hydrogens (tertiary/aromatic N) is 2. The third-order valence-electron chi connectivity index (χ3n) is 4.63. The summed E-state index contributed by atoms with van der Waals surface area (Å²) in [6.45, 7) is 8.74. The first-order valence-electron chi connectivity index (χ1n) is 7.70. The van der Waals surface area contributed by atoms with E-state index in [-0.39, 0.29) is 17.6 Å². The van der Waals surface area contributed by atoms with E-state index >= 15 is 0 Å². The lowest BCUT2D eigenvalue weighted by Gasteiger charge is -2.45. The predicted molar refractivity (Wildman–Crippen MR) is 79.7 cm³/mol. The second-order valence-electron chi connectivity index (χ2n) is 6.82. The van der Waals surface area contributed by atoms with Crippen molar-refractivity contribution in [3.05, 3.63) is 0 Å². The Morgan fingerprint density at radius 3 is 2.65 bits per heavy atom. The third kappa shape index (κ3) is 4.17. The molecule has 2 fully saturated rings. The van der Waals surface area contributed by atoms with Crippen LogP contribution >= 0.6 is 0 Å². The van der Waals surface area contributed by atoms with Gasteiger partial charge in [0, 0.05) is 37.8 Å². The number of nitrogens with one attached hydrogen (secondary N) is 1. The molecule has 0 radical (unpaired) electrons. The van der Waals surface area contributed by atoms with Crippen molar-refractivity contribution in [1.82, 2.24) is 15.1 Å². The molecule has 1 heterocycles. The number of piperazine rings is 1. The highest BCUT2D eigenvalue weighted by Gasteiger charge is 2.33. The summed E-state index contributed by atoms with van der Waals surface area (Å²) in [4.78, 5) is 16.7. The van der Waals surface area contributed by atoms with Gasteiger partial charge in [-0.05, 0) is 40.2 Å². The average molecular weight is 283 g/mol. The molecule has 1 atom stereocenters. The molecule has 0 aromatic carbocycles. The molecule has 2 rings (SSSR count). The number of hydrogen-bond acceptors (Lipinski definition) is 5. The van der Waals surface area contributed by atoms with Crippen molar-refractivity contribution in [2.45, 2.75) is 50.7 Å². The topological polar surface area (TPSA) is 44.8 Å². The molecule has 0 aromatic rings. The molecule has 1 unspecified atom stereocenters. The van der Waals surface area contributed by atoms with Gasteiger partial charge in [0.1, 0.15) is 6.04 Å². The summed E-state index contributed by atoms with van der Waals surface area (Å²) in [6.07, 6.45) is 3.22. The maximum Gasteiger partial charge on any atom is 0.322 e. The van der Waals surface area contributed by atoms with Crippen molar-refractivity contribution >= 4 is 5.97 Å². The van der Waals surface area contributed by atoms with Crippen molar-refractivity contribution in [2.75, 3.05) is 40.3 Å². The summed E-state index contributed by atoms with van der Waals surface area (Å²) >= 11 is 0. The SMILES string of the molecule is COC(=O)C(CCN1CCN(C)C(C)(C)C1)NC1CC1. The fourth-order valence-electron chi connectivity index (χ4n) is 2.79. The Morgan fingerprint density at radius 1 is 1.40 bits per heavy atom. The fourth-order valence-corrected chi connectivity index (χ4v) is 2.79. The monoisotopic (exact) mass is 283 g/mol. The molecule has 0 spiro atoms. The van der Waals surface area contributed by atoms with Crippen LogP contribution in [-0.2, 0) is 9.53 Å². The Bertz CT molecular complexity index is 342. The van der Waals surface area contributed by atoms with E-state index in [1.165, 1.54) is 20.0 Å². The van der Waals surface area contributed by atoms with Crippen molar-refractivity contribution in [3.63, 3.8) is 0 Å². The molecule has 0 amide bonds. The highest BCUT2D eigenvalue weighted by Crippen LogP contribution is 2.21. The molecule has 5 heteroatoms. The smallest absolute Gasteiger partial charge is 0.322 e. The lowest BCUT2D eigenvalue weighted by Crippen LogP contribution is -2.58. The van der Waals surface area contributed by atoms with Crippen LogP contribution in [0.5, 0.6) is 0 Å². The number of likely N-dealkylation sites (N-methyl/N-ethyl adjacent to an activating group) is 1. The molecule has 1 N–H and O–H groups in total. The Labute approximate surface area is 122 Å². The summed E-state index contributed by atoms with van der Waals surface area (Å²) in [6, 6.07) is 0.387. The van der Waals surface area contributed by atoms with Gasteiger partial charge in [-0.3, -0.25) is 9.69 Å². The molecule has 1 aliphatic carbocycles. The quantitative estimate of drug-likeness (QED) is 0.727. The molecule has 1 saturated heterocycles.